The Labute approximate surface area is 159 Å². The normalized spacial score (nSPS) is 16.3. The minimum Gasteiger partial charge on any atom is -0.491 e. The molecule has 1 aliphatic rings. The van der Waals surface area contributed by atoms with Crippen molar-refractivity contribution in [3.8, 4) is 5.75 Å². The number of imidazole rings is 1. The average molecular weight is 361 g/mol. The summed E-state index contributed by atoms with van der Waals surface area (Å²) in [6.07, 6.45) is 5.85. The third-order valence-electron chi connectivity index (χ3n) is 5.09. The maximum Gasteiger partial charge on any atom is 0.227 e. The van der Waals surface area contributed by atoms with Crippen LogP contribution in [0.25, 0.3) is 0 Å². The van der Waals surface area contributed by atoms with Crippen LogP contribution in [-0.4, -0.2) is 33.0 Å². The SMILES string of the molecule is Cc1ccccc1CC(=O)N1Cc2ccccc2OC[C@@H]1Cn1ccnc1. The van der Waals surface area contributed by atoms with Crippen molar-refractivity contribution >= 4 is 5.91 Å². The molecule has 2 heterocycles. The number of aryl methyl sites for hydroxylation is 1. The van der Waals surface area contributed by atoms with Gasteiger partial charge in [-0.1, -0.05) is 42.5 Å². The molecule has 0 saturated heterocycles. The zero-order chi connectivity index (χ0) is 18.6. The van der Waals surface area contributed by atoms with Gasteiger partial charge in [0.15, 0.2) is 0 Å². The van der Waals surface area contributed by atoms with Crippen LogP contribution in [-0.2, 0) is 24.3 Å². The number of rotatable bonds is 4. The van der Waals surface area contributed by atoms with Crippen LogP contribution in [0.1, 0.15) is 16.7 Å². The van der Waals surface area contributed by atoms with Crippen molar-refractivity contribution < 1.29 is 9.53 Å². The van der Waals surface area contributed by atoms with Gasteiger partial charge in [0.2, 0.25) is 5.91 Å². The van der Waals surface area contributed by atoms with Crippen LogP contribution >= 0.6 is 0 Å². The van der Waals surface area contributed by atoms with E-state index < -0.39 is 0 Å². The van der Waals surface area contributed by atoms with Gasteiger partial charge in [0.05, 0.1) is 18.8 Å². The molecule has 0 bridgehead atoms. The Morgan fingerprint density at radius 1 is 1.19 bits per heavy atom. The third-order valence-corrected chi connectivity index (χ3v) is 5.09. The molecule has 3 aromatic rings. The van der Waals surface area contributed by atoms with Crippen LogP contribution in [0.15, 0.2) is 67.3 Å². The molecule has 138 valence electrons. The summed E-state index contributed by atoms with van der Waals surface area (Å²) in [4.78, 5) is 19.3. The van der Waals surface area contributed by atoms with E-state index in [-0.39, 0.29) is 11.9 Å². The van der Waals surface area contributed by atoms with E-state index in [2.05, 4.69) is 4.98 Å². The van der Waals surface area contributed by atoms with Crippen molar-refractivity contribution in [1.82, 2.24) is 14.5 Å². The molecule has 1 amide bonds. The maximum absolute atomic E-state index is 13.3. The van der Waals surface area contributed by atoms with Crippen molar-refractivity contribution in [2.24, 2.45) is 0 Å². The van der Waals surface area contributed by atoms with E-state index in [0.717, 1.165) is 22.4 Å². The Balaban J connectivity index is 1.61. The number of carbonyl (C=O) groups excluding carboxylic acids is 1. The van der Waals surface area contributed by atoms with Crippen molar-refractivity contribution in [1.29, 1.82) is 0 Å². The maximum atomic E-state index is 13.3. The summed E-state index contributed by atoms with van der Waals surface area (Å²) in [7, 11) is 0. The van der Waals surface area contributed by atoms with Crippen molar-refractivity contribution in [3.05, 3.63) is 83.9 Å². The molecule has 1 aliphatic heterocycles. The van der Waals surface area contributed by atoms with E-state index >= 15 is 0 Å². The van der Waals surface area contributed by atoms with Gasteiger partial charge in [0.25, 0.3) is 0 Å². The van der Waals surface area contributed by atoms with Crippen LogP contribution in [0.5, 0.6) is 5.75 Å². The van der Waals surface area contributed by atoms with Crippen molar-refractivity contribution in [2.45, 2.75) is 32.5 Å². The molecule has 5 heteroatoms. The Kier molecular flexibility index (Phi) is 4.92. The zero-order valence-corrected chi connectivity index (χ0v) is 15.4. The average Bonchev–Trinajstić information content (AvgIpc) is 3.12. The lowest BCUT2D eigenvalue weighted by molar-refractivity contribution is -0.134. The summed E-state index contributed by atoms with van der Waals surface area (Å²) in [5.41, 5.74) is 3.26. The Hall–Kier alpha value is -3.08. The first-order valence-electron chi connectivity index (χ1n) is 9.21. The van der Waals surface area contributed by atoms with E-state index in [0.29, 0.717) is 26.1 Å². The molecule has 0 spiro atoms. The van der Waals surface area contributed by atoms with E-state index in [1.807, 2.05) is 71.1 Å². The fourth-order valence-corrected chi connectivity index (χ4v) is 3.52. The second-order valence-corrected chi connectivity index (χ2v) is 6.96. The molecule has 0 radical (unpaired) electrons. The number of amides is 1. The second kappa shape index (κ2) is 7.66. The third kappa shape index (κ3) is 3.87. The van der Waals surface area contributed by atoms with Gasteiger partial charge >= 0.3 is 0 Å². The summed E-state index contributed by atoms with van der Waals surface area (Å²) in [6, 6.07) is 16.0. The lowest BCUT2D eigenvalue weighted by Gasteiger charge is -2.30. The molecule has 0 fully saturated rings. The molecule has 5 nitrogen and oxygen atoms in total. The number of fused-ring (bicyclic) bond motifs is 1. The molecule has 0 aliphatic carbocycles. The van der Waals surface area contributed by atoms with Crippen molar-refractivity contribution in [2.75, 3.05) is 6.61 Å². The van der Waals surface area contributed by atoms with Gasteiger partial charge < -0.3 is 14.2 Å². The van der Waals surface area contributed by atoms with Crippen LogP contribution in [0.2, 0.25) is 0 Å². The van der Waals surface area contributed by atoms with Crippen LogP contribution in [0.3, 0.4) is 0 Å². The summed E-state index contributed by atoms with van der Waals surface area (Å²) >= 11 is 0. The molecular weight excluding hydrogens is 338 g/mol. The Bertz CT molecular complexity index is 921. The molecule has 2 aromatic carbocycles. The zero-order valence-electron chi connectivity index (χ0n) is 15.4. The van der Waals surface area contributed by atoms with Crippen molar-refractivity contribution in [3.63, 3.8) is 0 Å². The summed E-state index contributed by atoms with van der Waals surface area (Å²) in [5, 5.41) is 0. The van der Waals surface area contributed by atoms with Crippen LogP contribution in [0.4, 0.5) is 0 Å². The number of benzene rings is 2. The van der Waals surface area contributed by atoms with Gasteiger partial charge in [0.1, 0.15) is 12.4 Å². The highest BCUT2D eigenvalue weighted by atomic mass is 16.5. The van der Waals surface area contributed by atoms with E-state index in [4.69, 9.17) is 4.74 Å². The number of hydrogen-bond donors (Lipinski definition) is 0. The monoisotopic (exact) mass is 361 g/mol. The van der Waals surface area contributed by atoms with Gasteiger partial charge in [-0.25, -0.2) is 4.98 Å². The van der Waals surface area contributed by atoms with E-state index in [1.165, 1.54) is 0 Å². The number of hydrogen-bond acceptors (Lipinski definition) is 3. The molecule has 0 unspecified atom stereocenters. The molecule has 1 atom stereocenters. The van der Waals surface area contributed by atoms with E-state index in [9.17, 15) is 4.79 Å². The molecule has 0 saturated carbocycles. The van der Waals surface area contributed by atoms with Gasteiger partial charge in [-0.15, -0.1) is 0 Å². The molecule has 1 aromatic heterocycles. The standard InChI is InChI=1S/C22H23N3O2/c1-17-6-2-3-7-18(17)12-22(26)25-13-19-8-4-5-9-21(19)27-15-20(25)14-24-11-10-23-16-24/h2-11,16,20H,12-15H2,1H3/t20-/m0/s1. The van der Waals surface area contributed by atoms with Crippen LogP contribution < -0.4 is 4.74 Å². The van der Waals surface area contributed by atoms with Gasteiger partial charge in [0, 0.05) is 31.0 Å². The molecule has 4 rings (SSSR count). The molecule has 27 heavy (non-hydrogen) atoms. The highest BCUT2D eigenvalue weighted by Gasteiger charge is 2.29. The predicted molar refractivity (Wildman–Crippen MR) is 103 cm³/mol. The second-order valence-electron chi connectivity index (χ2n) is 6.96. The topological polar surface area (TPSA) is 47.4 Å². The smallest absolute Gasteiger partial charge is 0.227 e. The fraction of sp³-hybridized carbons (Fsp3) is 0.273. The summed E-state index contributed by atoms with van der Waals surface area (Å²) in [6.45, 7) is 3.73. The number of carbonyl (C=O) groups is 1. The number of nitrogens with zero attached hydrogens (tertiary/aromatic N) is 3. The van der Waals surface area contributed by atoms with Gasteiger partial charge in [-0.2, -0.15) is 0 Å². The minimum atomic E-state index is -0.0527. The minimum absolute atomic E-state index is 0.0527. The lowest BCUT2D eigenvalue weighted by Crippen LogP contribution is -2.45. The first-order chi connectivity index (χ1) is 13.2. The highest BCUT2D eigenvalue weighted by Crippen LogP contribution is 2.26. The Morgan fingerprint density at radius 2 is 2.00 bits per heavy atom. The number of aromatic nitrogens is 2. The number of para-hydroxylation sites is 1. The lowest BCUT2D eigenvalue weighted by atomic mass is 10.0. The Morgan fingerprint density at radius 3 is 2.81 bits per heavy atom. The summed E-state index contributed by atoms with van der Waals surface area (Å²) < 4.78 is 8.03. The van der Waals surface area contributed by atoms with Gasteiger partial charge in [-0.3, -0.25) is 4.79 Å². The highest BCUT2D eigenvalue weighted by molar-refractivity contribution is 5.79. The van der Waals surface area contributed by atoms with Gasteiger partial charge in [-0.05, 0) is 24.1 Å². The molecular formula is C22H23N3O2. The van der Waals surface area contributed by atoms with E-state index in [1.54, 1.807) is 12.5 Å². The van der Waals surface area contributed by atoms with Crippen LogP contribution in [0, 0.1) is 6.92 Å². The fourth-order valence-electron chi connectivity index (χ4n) is 3.52. The number of ether oxygens (including phenoxy) is 1. The predicted octanol–water partition coefficient (Wildman–Crippen LogP) is 3.22. The summed E-state index contributed by atoms with van der Waals surface area (Å²) in [5.74, 6) is 0.981. The largest absolute Gasteiger partial charge is 0.491 e. The molecule has 0 N–H and O–H groups in total. The first kappa shape index (κ1) is 17.3. The quantitative estimate of drug-likeness (QED) is 0.717. The first-order valence-corrected chi connectivity index (χ1v) is 9.21.